The number of carbonyl (C=O) groups excluding carboxylic acids is 1. The third-order valence-corrected chi connectivity index (χ3v) is 2.40. The predicted octanol–water partition coefficient (Wildman–Crippen LogP) is 2.17. The summed E-state index contributed by atoms with van der Waals surface area (Å²) >= 11 is 0. The van der Waals surface area contributed by atoms with E-state index in [0.29, 0.717) is 0 Å². The first-order valence-corrected chi connectivity index (χ1v) is 5.71. The SMILES string of the molecule is CCOC(=O)Cc1c([N+](=O)[O-])ccc(OC(F)F)c1C#N. The van der Waals surface area contributed by atoms with Crippen LogP contribution in [0.3, 0.4) is 0 Å². The molecule has 1 rings (SSSR count). The minimum atomic E-state index is -3.20. The molecule has 0 saturated heterocycles. The van der Waals surface area contributed by atoms with Gasteiger partial charge in [-0.1, -0.05) is 0 Å². The molecular weight excluding hydrogens is 290 g/mol. The van der Waals surface area contributed by atoms with Gasteiger partial charge in [0.1, 0.15) is 17.4 Å². The summed E-state index contributed by atoms with van der Waals surface area (Å²) in [7, 11) is 0. The van der Waals surface area contributed by atoms with Crippen molar-refractivity contribution >= 4 is 11.7 Å². The van der Waals surface area contributed by atoms with Crippen molar-refractivity contribution in [1.82, 2.24) is 0 Å². The lowest BCUT2D eigenvalue weighted by Crippen LogP contribution is -2.12. The number of rotatable bonds is 6. The van der Waals surface area contributed by atoms with Gasteiger partial charge in [-0.3, -0.25) is 14.9 Å². The fourth-order valence-electron chi connectivity index (χ4n) is 1.64. The van der Waals surface area contributed by atoms with Crippen LogP contribution in [-0.2, 0) is 16.0 Å². The Morgan fingerprint density at radius 1 is 1.52 bits per heavy atom. The molecule has 0 bridgehead atoms. The van der Waals surface area contributed by atoms with Crippen molar-refractivity contribution in [3.05, 3.63) is 33.4 Å². The highest BCUT2D eigenvalue weighted by molar-refractivity contribution is 5.76. The number of hydrogen-bond donors (Lipinski definition) is 0. The van der Waals surface area contributed by atoms with E-state index in [2.05, 4.69) is 9.47 Å². The van der Waals surface area contributed by atoms with Gasteiger partial charge in [0.2, 0.25) is 0 Å². The van der Waals surface area contributed by atoms with Gasteiger partial charge in [-0.05, 0) is 13.0 Å². The van der Waals surface area contributed by atoms with Crippen LogP contribution in [0, 0.1) is 21.4 Å². The molecule has 0 heterocycles. The highest BCUT2D eigenvalue weighted by Crippen LogP contribution is 2.31. The van der Waals surface area contributed by atoms with E-state index in [9.17, 15) is 23.7 Å². The van der Waals surface area contributed by atoms with E-state index in [0.717, 1.165) is 12.1 Å². The Morgan fingerprint density at radius 2 is 2.19 bits per heavy atom. The van der Waals surface area contributed by atoms with Gasteiger partial charge in [0, 0.05) is 6.07 Å². The minimum absolute atomic E-state index is 0.0434. The molecule has 0 aliphatic rings. The summed E-state index contributed by atoms with van der Waals surface area (Å²) in [6.45, 7) is -1.62. The van der Waals surface area contributed by atoms with Crippen molar-refractivity contribution in [2.45, 2.75) is 20.0 Å². The van der Waals surface area contributed by atoms with Gasteiger partial charge in [-0.2, -0.15) is 14.0 Å². The molecule has 0 spiro atoms. The maximum absolute atomic E-state index is 12.3. The van der Waals surface area contributed by atoms with Crippen LogP contribution in [0.2, 0.25) is 0 Å². The Kier molecular flexibility index (Phi) is 5.54. The second-order valence-corrected chi connectivity index (χ2v) is 3.67. The Morgan fingerprint density at radius 3 is 2.67 bits per heavy atom. The summed E-state index contributed by atoms with van der Waals surface area (Å²) in [6, 6.07) is 3.32. The van der Waals surface area contributed by atoms with Gasteiger partial charge in [0.15, 0.2) is 0 Å². The van der Waals surface area contributed by atoms with Crippen molar-refractivity contribution in [3.63, 3.8) is 0 Å². The number of benzene rings is 1. The largest absolute Gasteiger partial charge is 0.466 e. The summed E-state index contributed by atoms with van der Waals surface area (Å²) in [4.78, 5) is 21.5. The zero-order valence-corrected chi connectivity index (χ0v) is 10.8. The van der Waals surface area contributed by atoms with Crippen molar-refractivity contribution in [3.8, 4) is 11.8 Å². The Hall–Kier alpha value is -2.76. The number of hydrogen-bond acceptors (Lipinski definition) is 6. The van der Waals surface area contributed by atoms with Crippen LogP contribution in [0.15, 0.2) is 12.1 Å². The fourth-order valence-corrected chi connectivity index (χ4v) is 1.64. The quantitative estimate of drug-likeness (QED) is 0.453. The van der Waals surface area contributed by atoms with Gasteiger partial charge in [-0.15, -0.1) is 0 Å². The molecule has 0 aliphatic heterocycles. The van der Waals surface area contributed by atoms with Crippen LogP contribution in [0.25, 0.3) is 0 Å². The smallest absolute Gasteiger partial charge is 0.387 e. The molecule has 7 nitrogen and oxygen atoms in total. The molecular formula is C12H10F2N2O5. The molecule has 0 aromatic heterocycles. The molecule has 112 valence electrons. The minimum Gasteiger partial charge on any atom is -0.466 e. The summed E-state index contributed by atoms with van der Waals surface area (Å²) in [5.74, 6) is -1.34. The van der Waals surface area contributed by atoms with Gasteiger partial charge < -0.3 is 9.47 Å². The van der Waals surface area contributed by atoms with Crippen LogP contribution in [-0.4, -0.2) is 24.1 Å². The van der Waals surface area contributed by atoms with Crippen molar-refractivity contribution < 1.29 is 28.0 Å². The molecule has 1 aromatic rings. The number of alkyl halides is 2. The van der Waals surface area contributed by atoms with E-state index < -0.39 is 40.9 Å². The topological polar surface area (TPSA) is 102 Å². The molecule has 1 aromatic carbocycles. The molecule has 21 heavy (non-hydrogen) atoms. The number of ether oxygens (including phenoxy) is 2. The van der Waals surface area contributed by atoms with Crippen LogP contribution < -0.4 is 4.74 Å². The van der Waals surface area contributed by atoms with Crippen molar-refractivity contribution in [2.75, 3.05) is 6.61 Å². The Labute approximate surface area is 117 Å². The van der Waals surface area contributed by atoms with E-state index in [4.69, 9.17) is 5.26 Å². The maximum Gasteiger partial charge on any atom is 0.387 e. The molecule has 0 fully saturated rings. The average Bonchev–Trinajstić information content (AvgIpc) is 2.38. The highest BCUT2D eigenvalue weighted by Gasteiger charge is 2.25. The maximum atomic E-state index is 12.3. The van der Waals surface area contributed by atoms with Crippen LogP contribution >= 0.6 is 0 Å². The van der Waals surface area contributed by atoms with Crippen LogP contribution in [0.5, 0.6) is 5.75 Å². The van der Waals surface area contributed by atoms with E-state index in [1.54, 1.807) is 6.07 Å². The Balaban J connectivity index is 3.35. The first-order valence-electron chi connectivity index (χ1n) is 5.71. The molecule has 9 heteroatoms. The third kappa shape index (κ3) is 4.10. The summed E-state index contributed by atoms with van der Waals surface area (Å²) in [6.07, 6.45) is -0.590. The summed E-state index contributed by atoms with van der Waals surface area (Å²) in [5, 5.41) is 19.9. The number of carbonyl (C=O) groups is 1. The van der Waals surface area contributed by atoms with Gasteiger partial charge >= 0.3 is 12.6 Å². The fraction of sp³-hybridized carbons (Fsp3) is 0.333. The molecule has 0 atom stereocenters. The Bertz CT molecular complexity index is 598. The molecule has 0 unspecified atom stereocenters. The predicted molar refractivity (Wildman–Crippen MR) is 64.8 cm³/mol. The van der Waals surface area contributed by atoms with Gasteiger partial charge in [0.05, 0.1) is 23.5 Å². The number of nitro benzene ring substituents is 1. The molecule has 0 aliphatic carbocycles. The highest BCUT2D eigenvalue weighted by atomic mass is 19.3. The van der Waals surface area contributed by atoms with Crippen molar-refractivity contribution in [2.24, 2.45) is 0 Å². The lowest BCUT2D eigenvalue weighted by molar-refractivity contribution is -0.385. The van der Waals surface area contributed by atoms with Gasteiger partial charge in [0.25, 0.3) is 5.69 Å². The van der Waals surface area contributed by atoms with E-state index in [-0.39, 0.29) is 12.2 Å². The normalized spacial score (nSPS) is 10.0. The third-order valence-electron chi connectivity index (χ3n) is 2.40. The first-order chi connectivity index (χ1) is 9.90. The molecule has 0 amide bonds. The monoisotopic (exact) mass is 300 g/mol. The lowest BCUT2D eigenvalue weighted by Gasteiger charge is -2.10. The number of nitro groups is 1. The zero-order valence-electron chi connectivity index (χ0n) is 10.8. The lowest BCUT2D eigenvalue weighted by atomic mass is 10.0. The summed E-state index contributed by atoms with van der Waals surface area (Å²) < 4.78 is 33.3. The van der Waals surface area contributed by atoms with E-state index in [1.807, 2.05) is 0 Å². The number of halogens is 2. The van der Waals surface area contributed by atoms with E-state index >= 15 is 0 Å². The molecule has 0 N–H and O–H groups in total. The first kappa shape index (κ1) is 16.3. The van der Waals surface area contributed by atoms with E-state index in [1.165, 1.54) is 6.92 Å². The second-order valence-electron chi connectivity index (χ2n) is 3.67. The van der Waals surface area contributed by atoms with Crippen LogP contribution in [0.1, 0.15) is 18.1 Å². The second kappa shape index (κ2) is 7.14. The van der Waals surface area contributed by atoms with Gasteiger partial charge in [-0.25, -0.2) is 0 Å². The average molecular weight is 300 g/mol. The zero-order chi connectivity index (χ0) is 16.0. The molecule has 0 saturated carbocycles. The standard InChI is InChI=1S/C12H10F2N2O5/c1-2-20-11(17)5-7-8(6-15)10(21-12(13)14)4-3-9(7)16(18)19/h3-4,12H,2,5H2,1H3. The number of nitriles is 1. The van der Waals surface area contributed by atoms with Crippen molar-refractivity contribution in [1.29, 1.82) is 5.26 Å². The number of esters is 1. The van der Waals surface area contributed by atoms with Crippen LogP contribution in [0.4, 0.5) is 14.5 Å². The number of nitrogens with zero attached hydrogens (tertiary/aromatic N) is 2. The summed E-state index contributed by atoms with van der Waals surface area (Å²) in [5.41, 5.74) is -1.35. The molecule has 0 radical (unpaired) electrons.